The zero-order valence-electron chi connectivity index (χ0n) is 59.4. The summed E-state index contributed by atoms with van der Waals surface area (Å²) in [6.07, 6.45) is 0. The van der Waals surface area contributed by atoms with Crippen LogP contribution in [0.2, 0.25) is 0 Å². The van der Waals surface area contributed by atoms with Gasteiger partial charge in [-0.2, -0.15) is 5.26 Å². The van der Waals surface area contributed by atoms with Gasteiger partial charge in [0.25, 0.3) is 6.71 Å². The first-order valence-corrected chi connectivity index (χ1v) is 37.4. The summed E-state index contributed by atoms with van der Waals surface area (Å²) in [6.45, 7) is -0.506. The number of para-hydroxylation sites is 4. The van der Waals surface area contributed by atoms with Crippen LogP contribution >= 0.6 is 0 Å². The molecule has 109 heavy (non-hydrogen) atoms. The van der Waals surface area contributed by atoms with E-state index in [1.165, 1.54) is 10.8 Å². The first-order valence-electron chi connectivity index (χ1n) is 37.4. The molecule has 0 radical (unpaired) electrons. The third kappa shape index (κ3) is 10.2. The molecule has 0 spiro atoms. The Morgan fingerprint density at radius 2 is 0.486 bits per heavy atom. The van der Waals surface area contributed by atoms with Crippen LogP contribution in [0.3, 0.4) is 0 Å². The number of fused-ring (bicyclic) bond motifs is 10. The minimum absolute atomic E-state index is 0.506. The summed E-state index contributed by atoms with van der Waals surface area (Å²) < 4.78 is 5.01. The van der Waals surface area contributed by atoms with Gasteiger partial charge < -0.3 is 18.9 Å². The van der Waals surface area contributed by atoms with Crippen LogP contribution < -0.4 is 26.2 Å². The molecule has 0 unspecified atom stereocenters. The van der Waals surface area contributed by atoms with Crippen LogP contribution in [0, 0.1) is 11.3 Å². The van der Waals surface area contributed by atoms with E-state index in [2.05, 4.69) is 425 Å². The normalized spacial score (nSPS) is 12.2. The van der Waals surface area contributed by atoms with Gasteiger partial charge in [0, 0.05) is 72.0 Å². The van der Waals surface area contributed by atoms with Gasteiger partial charge >= 0.3 is 0 Å². The van der Waals surface area contributed by atoms with Gasteiger partial charge in [0.05, 0.1) is 56.1 Å². The van der Waals surface area contributed by atoms with Crippen molar-refractivity contribution in [2.24, 2.45) is 0 Å². The maximum absolute atomic E-state index is 12.7. The monoisotopic (exact) mass is 1380 g/mol. The molecule has 0 saturated heterocycles. The fourth-order valence-electron chi connectivity index (χ4n) is 17.8. The molecule has 17 aromatic carbocycles. The number of nitriles is 1. The van der Waals surface area contributed by atoms with Crippen molar-refractivity contribution in [2.45, 2.75) is 0 Å². The summed E-state index contributed by atoms with van der Waals surface area (Å²) in [5.41, 5.74) is 32.9. The highest BCUT2D eigenvalue weighted by Gasteiger charge is 2.48. The van der Waals surface area contributed by atoms with E-state index in [9.17, 15) is 5.26 Å². The minimum Gasteiger partial charge on any atom is -0.310 e. The predicted molar refractivity (Wildman–Crippen MR) is 457 cm³/mol. The lowest BCUT2D eigenvalue weighted by Crippen LogP contribution is -2.62. The number of nitrogens with zero attached hydrogens (tertiary/aromatic N) is 5. The molecule has 0 N–H and O–H groups in total. The van der Waals surface area contributed by atoms with Crippen LogP contribution in [-0.2, 0) is 0 Å². The number of aromatic nitrogens is 2. The van der Waals surface area contributed by atoms with Crippen LogP contribution in [-0.4, -0.2) is 15.8 Å². The van der Waals surface area contributed by atoms with Gasteiger partial charge in [-0.1, -0.05) is 328 Å². The fraction of sp³-hybridized carbons (Fsp3) is 0. The quantitative estimate of drug-likeness (QED) is 0.114. The molecular formula is C103H66BN5. The van der Waals surface area contributed by atoms with Gasteiger partial charge in [0.1, 0.15) is 6.07 Å². The van der Waals surface area contributed by atoms with E-state index in [1.54, 1.807) is 0 Å². The molecule has 0 amide bonds. The summed E-state index contributed by atoms with van der Waals surface area (Å²) in [4.78, 5) is 5.15. The van der Waals surface area contributed by atoms with E-state index in [0.29, 0.717) is 5.56 Å². The second-order valence-electron chi connectivity index (χ2n) is 28.5. The zero-order valence-corrected chi connectivity index (χ0v) is 59.4. The second kappa shape index (κ2) is 26.0. The van der Waals surface area contributed by atoms with E-state index >= 15 is 0 Å². The Labute approximate surface area is 633 Å². The Morgan fingerprint density at radius 1 is 0.211 bits per heavy atom. The van der Waals surface area contributed by atoms with E-state index in [4.69, 9.17) is 0 Å². The third-order valence-corrected chi connectivity index (χ3v) is 22.5. The topological polar surface area (TPSA) is 40.1 Å². The summed E-state index contributed by atoms with van der Waals surface area (Å²) in [7, 11) is 0. The number of hydrogen-bond acceptors (Lipinski definition) is 3. The number of benzene rings is 17. The summed E-state index contributed by atoms with van der Waals surface area (Å²) >= 11 is 0. The van der Waals surface area contributed by atoms with Crippen molar-refractivity contribution in [3.8, 4) is 106 Å². The summed E-state index contributed by atoms with van der Waals surface area (Å²) in [5.74, 6) is 0. The zero-order chi connectivity index (χ0) is 72.0. The number of hydrogen-bond donors (Lipinski definition) is 0. The summed E-state index contributed by atoms with van der Waals surface area (Å²) in [5, 5.41) is 17.4. The van der Waals surface area contributed by atoms with Gasteiger partial charge in [0.2, 0.25) is 0 Å². The summed E-state index contributed by atoms with van der Waals surface area (Å²) in [6, 6.07) is 150. The highest BCUT2D eigenvalue weighted by atomic mass is 15.2. The Hall–Kier alpha value is -14.5. The molecule has 21 rings (SSSR count). The molecule has 2 aliphatic heterocycles. The number of rotatable bonds is 12. The molecule has 0 aliphatic carbocycles. The molecule has 506 valence electrons. The highest BCUT2D eigenvalue weighted by molar-refractivity contribution is 7.00. The van der Waals surface area contributed by atoms with Crippen LogP contribution in [0.15, 0.2) is 400 Å². The van der Waals surface area contributed by atoms with Crippen molar-refractivity contribution in [2.75, 3.05) is 9.80 Å². The average molecular weight is 1380 g/mol. The number of anilines is 6. The molecule has 4 heterocycles. The first-order chi connectivity index (χ1) is 54.1. The van der Waals surface area contributed by atoms with Crippen LogP contribution in [0.5, 0.6) is 0 Å². The minimum atomic E-state index is -0.506. The first kappa shape index (κ1) is 63.0. The lowest BCUT2D eigenvalue weighted by molar-refractivity contribution is 1.17. The molecular weight excluding hydrogens is 1320 g/mol. The Bertz CT molecular complexity index is 6550. The SMILES string of the molecule is N#Cc1ccc2c3c1N(c1c(-c4ccccc4)cc(-c4ccccc4)cc1-c1ccccc1)c1cc(-n4c5ccccc5c5ccccc54)c(-c4ccccc4)cc1B3c1cc(-c3ccccc3)c(-n3c4ccccc4c4ccccc43)cc1N2c1c(-c2ccccc2)cc(-c2ccccc2)cc1-c1ccccc1. The Balaban J connectivity index is 0.989. The maximum Gasteiger partial charge on any atom is 0.252 e. The molecule has 6 heteroatoms. The maximum atomic E-state index is 12.7. The standard InChI is InChI=1S/C103H66BN5/c105-67-76-57-58-95-100-101(76)109(103-87(74-45-21-7-22-46-74)61-78(69-35-11-2-12-36-69)62-88(103)75-47-23-8-24-48-75)99-66-97(107-93-55-31-27-51-81(93)82-52-28-32-56-94(82)107)84(71-39-15-4-16-40-71)64-90(99)104(100)89-63-83(70-37-13-3-14-38-70)96(106-91-53-29-25-49-79(91)80-50-26-30-54-92(80)106)65-98(89)108(95)102-85(72-41-17-5-18-42-72)59-77(68-33-9-1-10-34-68)60-86(102)73-43-19-6-20-44-73/h1-66H. The van der Waals surface area contributed by atoms with Crippen molar-refractivity contribution >= 4 is 101 Å². The Kier molecular flexibility index (Phi) is 15.0. The van der Waals surface area contributed by atoms with Gasteiger partial charge in [0.15, 0.2) is 0 Å². The van der Waals surface area contributed by atoms with Crippen molar-refractivity contribution in [3.63, 3.8) is 0 Å². The van der Waals surface area contributed by atoms with Crippen LogP contribution in [0.1, 0.15) is 5.56 Å². The highest BCUT2D eigenvalue weighted by Crippen LogP contribution is 2.57. The third-order valence-electron chi connectivity index (χ3n) is 22.5. The van der Waals surface area contributed by atoms with Gasteiger partial charge in [-0.15, -0.1) is 0 Å². The van der Waals surface area contributed by atoms with Crippen molar-refractivity contribution in [1.82, 2.24) is 9.13 Å². The van der Waals surface area contributed by atoms with Crippen molar-refractivity contribution in [1.29, 1.82) is 5.26 Å². The largest absolute Gasteiger partial charge is 0.310 e. The van der Waals surface area contributed by atoms with E-state index in [0.717, 1.165) is 184 Å². The average Bonchev–Trinajstić information content (AvgIpc) is 0.748. The van der Waals surface area contributed by atoms with E-state index in [1.807, 2.05) is 0 Å². The van der Waals surface area contributed by atoms with Crippen molar-refractivity contribution in [3.05, 3.63) is 406 Å². The van der Waals surface area contributed by atoms with E-state index in [-0.39, 0.29) is 0 Å². The second-order valence-corrected chi connectivity index (χ2v) is 28.5. The molecule has 0 bridgehead atoms. The smallest absolute Gasteiger partial charge is 0.252 e. The van der Waals surface area contributed by atoms with Gasteiger partial charge in [-0.05, 0) is 145 Å². The van der Waals surface area contributed by atoms with Crippen molar-refractivity contribution < 1.29 is 0 Å². The molecule has 2 aromatic heterocycles. The molecule has 0 saturated carbocycles. The lowest BCUT2D eigenvalue weighted by Gasteiger charge is -2.46. The molecule has 19 aromatic rings. The molecule has 0 atom stereocenters. The molecule has 2 aliphatic rings. The van der Waals surface area contributed by atoms with Crippen LogP contribution in [0.4, 0.5) is 34.1 Å². The van der Waals surface area contributed by atoms with Crippen LogP contribution in [0.25, 0.3) is 144 Å². The lowest BCUT2D eigenvalue weighted by atomic mass is 9.33. The Morgan fingerprint density at radius 3 is 0.807 bits per heavy atom. The van der Waals surface area contributed by atoms with E-state index < -0.39 is 6.71 Å². The fourth-order valence-corrected chi connectivity index (χ4v) is 17.8. The van der Waals surface area contributed by atoms with Gasteiger partial charge in [-0.25, -0.2) is 0 Å². The predicted octanol–water partition coefficient (Wildman–Crippen LogP) is 25.2. The molecule has 0 fully saturated rings. The van der Waals surface area contributed by atoms with Gasteiger partial charge in [-0.3, -0.25) is 0 Å². The molecule has 5 nitrogen and oxygen atoms in total.